The number of benzene rings is 1. The Morgan fingerprint density at radius 3 is 2.80 bits per heavy atom. The maximum absolute atomic E-state index is 11.8. The van der Waals surface area contributed by atoms with Crippen molar-refractivity contribution in [3.63, 3.8) is 0 Å². The maximum atomic E-state index is 11.8. The van der Waals surface area contributed by atoms with Crippen LogP contribution in [-0.2, 0) is 14.8 Å². The number of hydrogen-bond donors (Lipinski definition) is 2. The average molecular weight is 297 g/mol. The predicted octanol–water partition coefficient (Wildman–Crippen LogP) is 1.12. The number of aliphatic hydroxyl groups excluding tert-OH is 1. The van der Waals surface area contributed by atoms with Gasteiger partial charge in [0.05, 0.1) is 12.4 Å². The standard InChI is InChI=1S/C14H19NO4S/c1-3-19-9-10-20(17,18)15-14-7-6-12(2)13(11-14)5-4-8-16/h6-7,11,15-16H,3,8-10H2,1-2H3. The first-order chi connectivity index (χ1) is 9.48. The van der Waals surface area contributed by atoms with Gasteiger partial charge in [-0.2, -0.15) is 0 Å². The Hall–Kier alpha value is -1.55. The molecule has 0 aromatic heterocycles. The van der Waals surface area contributed by atoms with E-state index in [1.165, 1.54) is 0 Å². The van der Waals surface area contributed by atoms with E-state index in [-0.39, 0.29) is 19.0 Å². The van der Waals surface area contributed by atoms with Crippen LogP contribution >= 0.6 is 0 Å². The van der Waals surface area contributed by atoms with Gasteiger partial charge < -0.3 is 9.84 Å². The lowest BCUT2D eigenvalue weighted by Gasteiger charge is -2.09. The van der Waals surface area contributed by atoms with Gasteiger partial charge in [-0.15, -0.1) is 0 Å². The third-order valence-electron chi connectivity index (χ3n) is 2.51. The van der Waals surface area contributed by atoms with Crippen LogP contribution < -0.4 is 4.72 Å². The molecule has 0 aliphatic rings. The molecule has 0 aliphatic carbocycles. The molecule has 5 nitrogen and oxygen atoms in total. The Labute approximate surface area is 120 Å². The molecule has 0 amide bonds. The van der Waals surface area contributed by atoms with Crippen molar-refractivity contribution in [2.24, 2.45) is 0 Å². The number of aliphatic hydroxyl groups is 1. The predicted molar refractivity (Wildman–Crippen MR) is 79.0 cm³/mol. The van der Waals surface area contributed by atoms with Crippen molar-refractivity contribution < 1.29 is 18.3 Å². The molecule has 0 radical (unpaired) electrons. The lowest BCUT2D eigenvalue weighted by Crippen LogP contribution is -2.20. The van der Waals surface area contributed by atoms with E-state index in [0.29, 0.717) is 17.9 Å². The average Bonchev–Trinajstić information content (AvgIpc) is 2.39. The number of aryl methyl sites for hydroxylation is 1. The highest BCUT2D eigenvalue weighted by atomic mass is 32.2. The van der Waals surface area contributed by atoms with E-state index in [2.05, 4.69) is 16.6 Å². The van der Waals surface area contributed by atoms with Crippen molar-refractivity contribution in [2.75, 3.05) is 30.3 Å². The van der Waals surface area contributed by atoms with Crippen LogP contribution in [0.5, 0.6) is 0 Å². The fourth-order valence-corrected chi connectivity index (χ4v) is 2.42. The highest BCUT2D eigenvalue weighted by Crippen LogP contribution is 2.15. The molecular weight excluding hydrogens is 278 g/mol. The van der Waals surface area contributed by atoms with Crippen LogP contribution in [0.4, 0.5) is 5.69 Å². The fraction of sp³-hybridized carbons (Fsp3) is 0.429. The summed E-state index contributed by atoms with van der Waals surface area (Å²) in [6.07, 6.45) is 0. The lowest BCUT2D eigenvalue weighted by atomic mass is 10.1. The molecule has 110 valence electrons. The van der Waals surface area contributed by atoms with Crippen molar-refractivity contribution in [1.82, 2.24) is 0 Å². The Morgan fingerprint density at radius 2 is 2.15 bits per heavy atom. The molecular formula is C14H19NO4S. The minimum atomic E-state index is -3.43. The summed E-state index contributed by atoms with van der Waals surface area (Å²) >= 11 is 0. The lowest BCUT2D eigenvalue weighted by molar-refractivity contribution is 0.163. The Kier molecular flexibility index (Phi) is 6.52. The second kappa shape index (κ2) is 7.90. The minimum absolute atomic E-state index is 0.0909. The van der Waals surface area contributed by atoms with Gasteiger partial charge in [0.25, 0.3) is 0 Å². The molecule has 0 saturated carbocycles. The number of sulfonamides is 1. The molecule has 0 bridgehead atoms. The summed E-state index contributed by atoms with van der Waals surface area (Å²) < 4.78 is 31.2. The van der Waals surface area contributed by atoms with Crippen LogP contribution in [0, 0.1) is 18.8 Å². The summed E-state index contributed by atoms with van der Waals surface area (Å²) in [7, 11) is -3.43. The summed E-state index contributed by atoms with van der Waals surface area (Å²) in [6.45, 7) is 4.10. The van der Waals surface area contributed by atoms with Gasteiger partial charge in [0.1, 0.15) is 6.61 Å². The van der Waals surface area contributed by atoms with Gasteiger partial charge in [-0.25, -0.2) is 8.42 Å². The molecule has 0 fully saturated rings. The van der Waals surface area contributed by atoms with E-state index >= 15 is 0 Å². The molecule has 0 heterocycles. The zero-order valence-electron chi connectivity index (χ0n) is 11.6. The van der Waals surface area contributed by atoms with Crippen molar-refractivity contribution >= 4 is 15.7 Å². The first kappa shape index (κ1) is 16.5. The third-order valence-corrected chi connectivity index (χ3v) is 3.76. The zero-order chi connectivity index (χ0) is 15.0. The van der Waals surface area contributed by atoms with Gasteiger partial charge in [-0.3, -0.25) is 4.72 Å². The SMILES string of the molecule is CCOCCS(=O)(=O)Nc1ccc(C)c(C#CCO)c1. The molecule has 1 aromatic carbocycles. The number of nitrogens with one attached hydrogen (secondary N) is 1. The highest BCUT2D eigenvalue weighted by Gasteiger charge is 2.10. The molecule has 6 heteroatoms. The maximum Gasteiger partial charge on any atom is 0.235 e. The first-order valence-corrected chi connectivity index (χ1v) is 7.92. The van der Waals surface area contributed by atoms with Crippen LogP contribution in [-0.4, -0.2) is 39.1 Å². The van der Waals surface area contributed by atoms with Gasteiger partial charge >= 0.3 is 0 Å². The quantitative estimate of drug-likeness (QED) is 0.609. The van der Waals surface area contributed by atoms with E-state index in [9.17, 15) is 8.42 Å². The van der Waals surface area contributed by atoms with Crippen LogP contribution in [0.1, 0.15) is 18.1 Å². The molecule has 0 atom stereocenters. The Balaban J connectivity index is 2.82. The molecule has 1 aromatic rings. The normalized spacial score (nSPS) is 10.8. The minimum Gasteiger partial charge on any atom is -0.384 e. The van der Waals surface area contributed by atoms with Crippen molar-refractivity contribution in [2.45, 2.75) is 13.8 Å². The second-order valence-electron chi connectivity index (χ2n) is 4.11. The van der Waals surface area contributed by atoms with E-state index in [1.807, 2.05) is 13.8 Å². The largest absolute Gasteiger partial charge is 0.384 e. The smallest absolute Gasteiger partial charge is 0.235 e. The Bertz CT molecular complexity index is 599. The number of hydrogen-bond acceptors (Lipinski definition) is 4. The van der Waals surface area contributed by atoms with E-state index < -0.39 is 10.0 Å². The van der Waals surface area contributed by atoms with E-state index in [0.717, 1.165) is 5.56 Å². The number of rotatable bonds is 6. The topological polar surface area (TPSA) is 75.6 Å². The molecule has 0 aliphatic heterocycles. The third kappa shape index (κ3) is 5.61. The van der Waals surface area contributed by atoms with E-state index in [1.54, 1.807) is 18.2 Å². The van der Waals surface area contributed by atoms with E-state index in [4.69, 9.17) is 9.84 Å². The van der Waals surface area contributed by atoms with Gasteiger partial charge in [-0.1, -0.05) is 17.9 Å². The van der Waals surface area contributed by atoms with Gasteiger partial charge in [-0.05, 0) is 31.5 Å². The van der Waals surface area contributed by atoms with Crippen LogP contribution in [0.3, 0.4) is 0 Å². The van der Waals surface area contributed by atoms with Crippen molar-refractivity contribution in [3.8, 4) is 11.8 Å². The van der Waals surface area contributed by atoms with Gasteiger partial charge in [0, 0.05) is 17.9 Å². The highest BCUT2D eigenvalue weighted by molar-refractivity contribution is 7.92. The summed E-state index contributed by atoms with van der Waals surface area (Å²) in [6, 6.07) is 5.11. The van der Waals surface area contributed by atoms with Gasteiger partial charge in [0.15, 0.2) is 0 Å². The molecule has 20 heavy (non-hydrogen) atoms. The molecule has 0 spiro atoms. The summed E-state index contributed by atoms with van der Waals surface area (Å²) in [5.74, 6) is 5.24. The van der Waals surface area contributed by atoms with Crippen molar-refractivity contribution in [1.29, 1.82) is 0 Å². The van der Waals surface area contributed by atoms with Crippen molar-refractivity contribution in [3.05, 3.63) is 29.3 Å². The molecule has 1 rings (SSSR count). The van der Waals surface area contributed by atoms with Crippen LogP contribution in [0.2, 0.25) is 0 Å². The summed E-state index contributed by atoms with van der Waals surface area (Å²) in [5.41, 5.74) is 2.06. The van der Waals surface area contributed by atoms with Crippen LogP contribution in [0.15, 0.2) is 18.2 Å². The van der Waals surface area contributed by atoms with Crippen LogP contribution in [0.25, 0.3) is 0 Å². The first-order valence-electron chi connectivity index (χ1n) is 6.27. The monoisotopic (exact) mass is 297 g/mol. The summed E-state index contributed by atoms with van der Waals surface area (Å²) in [4.78, 5) is 0. The number of ether oxygens (including phenoxy) is 1. The molecule has 0 unspecified atom stereocenters. The molecule has 0 saturated heterocycles. The summed E-state index contributed by atoms with van der Waals surface area (Å²) in [5, 5.41) is 8.70. The zero-order valence-corrected chi connectivity index (χ0v) is 12.5. The Morgan fingerprint density at radius 1 is 1.40 bits per heavy atom. The number of anilines is 1. The molecule has 2 N–H and O–H groups in total. The second-order valence-corrected chi connectivity index (χ2v) is 5.95. The van der Waals surface area contributed by atoms with Gasteiger partial charge in [0.2, 0.25) is 10.0 Å². The fourth-order valence-electron chi connectivity index (χ4n) is 1.50.